The average Bonchev–Trinajstić information content (AvgIpc) is 2.98. The second-order valence-electron chi connectivity index (χ2n) is 14.6. The molecule has 0 heterocycles. The van der Waals surface area contributed by atoms with Crippen molar-refractivity contribution in [2.45, 2.75) is 208 Å². The van der Waals surface area contributed by atoms with Crippen molar-refractivity contribution in [3.8, 4) is 0 Å². The second-order valence-corrected chi connectivity index (χ2v) is 16.8. The molecular formula is C39H74O3S2. The van der Waals surface area contributed by atoms with Gasteiger partial charge in [0.1, 0.15) is 5.78 Å². The molecule has 5 heteroatoms. The van der Waals surface area contributed by atoms with Crippen molar-refractivity contribution in [1.82, 2.24) is 0 Å². The topological polar surface area (TPSA) is 51.2 Å². The average molecular weight is 655 g/mol. The van der Waals surface area contributed by atoms with Gasteiger partial charge in [0.2, 0.25) is 0 Å². The normalized spacial score (nSPS) is 12.1. The molecule has 0 aromatic rings. The van der Waals surface area contributed by atoms with Gasteiger partial charge in [0.25, 0.3) is 0 Å². The van der Waals surface area contributed by atoms with Gasteiger partial charge in [-0.15, -0.1) is 0 Å². The van der Waals surface area contributed by atoms with Crippen molar-refractivity contribution in [1.29, 1.82) is 0 Å². The maximum atomic E-state index is 12.7. The number of hydrogen-bond acceptors (Lipinski definition) is 5. The first-order valence-electron chi connectivity index (χ1n) is 18.9. The first kappa shape index (κ1) is 43.7. The van der Waals surface area contributed by atoms with E-state index in [2.05, 4.69) is 41.5 Å². The minimum absolute atomic E-state index is 0.268. The quantitative estimate of drug-likeness (QED) is 0.0676. The highest BCUT2D eigenvalue weighted by Crippen LogP contribution is 2.32. The third-order valence-corrected chi connectivity index (χ3v) is 11.7. The van der Waals surface area contributed by atoms with Gasteiger partial charge in [-0.3, -0.25) is 14.4 Å². The Balaban J connectivity index is 3.79. The fraction of sp³-hybridized carbons (Fsp3) is 0.923. The standard InChI is InChI=1S/C39H74O3S2/c1-7-9-11-13-15-17-19-27-33-43-36(41)38(3,4)31-25-21-23-29-35(40)30-24-22-26-32-39(5,6)37(42)44-34-28-20-18-16-14-12-10-8-2/h7-34H2,1-6H3. The molecule has 0 aliphatic heterocycles. The largest absolute Gasteiger partial charge is 0.300 e. The van der Waals surface area contributed by atoms with E-state index in [0.717, 1.165) is 75.7 Å². The summed E-state index contributed by atoms with van der Waals surface area (Å²) in [6.45, 7) is 12.9. The van der Waals surface area contributed by atoms with Crippen LogP contribution in [0.1, 0.15) is 208 Å². The van der Waals surface area contributed by atoms with Crippen molar-refractivity contribution in [3.63, 3.8) is 0 Å². The van der Waals surface area contributed by atoms with E-state index >= 15 is 0 Å². The highest BCUT2D eigenvalue weighted by atomic mass is 32.2. The Kier molecular flexibility index (Phi) is 28.7. The lowest BCUT2D eigenvalue weighted by Crippen LogP contribution is -2.21. The van der Waals surface area contributed by atoms with Crippen LogP contribution in [-0.4, -0.2) is 27.5 Å². The fourth-order valence-electron chi connectivity index (χ4n) is 5.65. The Labute approximate surface area is 283 Å². The zero-order chi connectivity index (χ0) is 32.9. The molecule has 0 saturated heterocycles. The lowest BCUT2D eigenvalue weighted by atomic mass is 9.88. The molecule has 0 fully saturated rings. The van der Waals surface area contributed by atoms with E-state index in [9.17, 15) is 14.4 Å². The summed E-state index contributed by atoms with van der Waals surface area (Å²) in [6, 6.07) is 0. The van der Waals surface area contributed by atoms with Gasteiger partial charge in [-0.2, -0.15) is 0 Å². The predicted octanol–water partition coefficient (Wildman–Crippen LogP) is 13.3. The SMILES string of the molecule is CCCCCCCCCCSC(=O)C(C)(C)CCCCCC(=O)CCCCCC(C)(C)C(=O)SCCCCCCCCCC. The summed E-state index contributed by atoms with van der Waals surface area (Å²) in [5.74, 6) is 2.29. The Bertz CT molecular complexity index is 658. The van der Waals surface area contributed by atoms with Gasteiger partial charge < -0.3 is 0 Å². The molecule has 0 aliphatic carbocycles. The number of ketones is 1. The summed E-state index contributed by atoms with van der Waals surface area (Å²) in [7, 11) is 0. The molecule has 0 unspecified atom stereocenters. The summed E-state index contributed by atoms with van der Waals surface area (Å²) in [6.07, 6.45) is 30.0. The Morgan fingerprint density at radius 2 is 0.705 bits per heavy atom. The molecular weight excluding hydrogens is 581 g/mol. The lowest BCUT2D eigenvalue weighted by Gasteiger charge is -2.22. The Morgan fingerprint density at radius 3 is 1.05 bits per heavy atom. The van der Waals surface area contributed by atoms with Crippen LogP contribution in [0, 0.1) is 10.8 Å². The van der Waals surface area contributed by atoms with Crippen molar-refractivity contribution >= 4 is 39.5 Å². The number of thioether (sulfide) groups is 2. The molecule has 0 aromatic heterocycles. The molecule has 44 heavy (non-hydrogen) atoms. The second kappa shape index (κ2) is 28.9. The molecule has 0 aliphatic rings. The van der Waals surface area contributed by atoms with Crippen molar-refractivity contribution in [3.05, 3.63) is 0 Å². The minimum Gasteiger partial charge on any atom is -0.300 e. The van der Waals surface area contributed by atoms with E-state index < -0.39 is 0 Å². The zero-order valence-electron chi connectivity index (χ0n) is 30.3. The highest BCUT2D eigenvalue weighted by Gasteiger charge is 2.28. The van der Waals surface area contributed by atoms with E-state index in [0.29, 0.717) is 28.9 Å². The first-order valence-corrected chi connectivity index (χ1v) is 20.9. The molecule has 0 aromatic carbocycles. The zero-order valence-corrected chi connectivity index (χ0v) is 32.0. The van der Waals surface area contributed by atoms with Crippen LogP contribution in [0.5, 0.6) is 0 Å². The summed E-state index contributed by atoms with van der Waals surface area (Å²) >= 11 is 3.07. The van der Waals surface area contributed by atoms with Crippen LogP contribution < -0.4 is 0 Å². The number of hydrogen-bond donors (Lipinski definition) is 0. The van der Waals surface area contributed by atoms with Crippen molar-refractivity contribution < 1.29 is 14.4 Å². The van der Waals surface area contributed by atoms with Gasteiger partial charge in [0.05, 0.1) is 0 Å². The molecule has 260 valence electrons. The Hall–Kier alpha value is -0.290. The van der Waals surface area contributed by atoms with E-state index in [1.165, 1.54) is 113 Å². The van der Waals surface area contributed by atoms with Crippen LogP contribution in [0.15, 0.2) is 0 Å². The summed E-state index contributed by atoms with van der Waals surface area (Å²) < 4.78 is 0. The lowest BCUT2D eigenvalue weighted by molar-refractivity contribution is -0.120. The molecule has 0 bridgehead atoms. The van der Waals surface area contributed by atoms with Crippen LogP contribution in [0.4, 0.5) is 0 Å². The maximum absolute atomic E-state index is 12.7. The van der Waals surface area contributed by atoms with Gasteiger partial charge in [-0.25, -0.2) is 0 Å². The summed E-state index contributed by atoms with van der Waals surface area (Å²) in [5, 5.41) is 0.673. The van der Waals surface area contributed by atoms with Crippen molar-refractivity contribution in [2.24, 2.45) is 10.8 Å². The third-order valence-electron chi connectivity index (χ3n) is 9.08. The third kappa shape index (κ3) is 25.9. The highest BCUT2D eigenvalue weighted by molar-refractivity contribution is 8.14. The van der Waals surface area contributed by atoms with E-state index in [-0.39, 0.29) is 10.8 Å². The number of Topliss-reactive ketones (excluding diaryl/α,β-unsaturated/α-hetero) is 1. The van der Waals surface area contributed by atoms with Gasteiger partial charge >= 0.3 is 0 Å². The minimum atomic E-state index is -0.268. The summed E-state index contributed by atoms with van der Waals surface area (Å²) in [4.78, 5) is 37.8. The van der Waals surface area contributed by atoms with Crippen LogP contribution in [-0.2, 0) is 14.4 Å². The van der Waals surface area contributed by atoms with Gasteiger partial charge in [0, 0.05) is 35.2 Å². The van der Waals surface area contributed by atoms with E-state index in [4.69, 9.17) is 0 Å². The first-order chi connectivity index (χ1) is 21.1. The van der Waals surface area contributed by atoms with Crippen molar-refractivity contribution in [2.75, 3.05) is 11.5 Å². The maximum Gasteiger partial charge on any atom is 0.194 e. The monoisotopic (exact) mass is 655 g/mol. The molecule has 0 amide bonds. The van der Waals surface area contributed by atoms with Crippen LogP contribution in [0.2, 0.25) is 0 Å². The number of carbonyl (C=O) groups excluding carboxylic acids is 3. The van der Waals surface area contributed by atoms with Crippen LogP contribution in [0.25, 0.3) is 0 Å². The number of carbonyl (C=O) groups is 3. The Morgan fingerprint density at radius 1 is 0.409 bits per heavy atom. The predicted molar refractivity (Wildman–Crippen MR) is 199 cm³/mol. The van der Waals surface area contributed by atoms with E-state index in [1.807, 2.05) is 0 Å². The van der Waals surface area contributed by atoms with Crippen LogP contribution in [0.3, 0.4) is 0 Å². The smallest absolute Gasteiger partial charge is 0.194 e. The van der Waals surface area contributed by atoms with Crippen LogP contribution >= 0.6 is 23.5 Å². The molecule has 0 spiro atoms. The number of unbranched alkanes of at least 4 members (excludes halogenated alkanes) is 18. The molecule has 0 radical (unpaired) electrons. The molecule has 0 saturated carbocycles. The molecule has 0 atom stereocenters. The molecule has 0 rings (SSSR count). The van der Waals surface area contributed by atoms with Gasteiger partial charge in [0.15, 0.2) is 10.2 Å². The molecule has 3 nitrogen and oxygen atoms in total. The number of rotatable bonds is 32. The fourth-order valence-corrected chi connectivity index (χ4v) is 7.71. The summed E-state index contributed by atoms with van der Waals surface area (Å²) in [5.41, 5.74) is -0.536. The van der Waals surface area contributed by atoms with E-state index in [1.54, 1.807) is 0 Å². The van der Waals surface area contributed by atoms with Gasteiger partial charge in [-0.1, -0.05) is 181 Å². The molecule has 0 N–H and O–H groups in total. The van der Waals surface area contributed by atoms with Gasteiger partial charge in [-0.05, 0) is 38.5 Å².